The first-order valence-electron chi connectivity index (χ1n) is 4.26. The van der Waals surface area contributed by atoms with Crippen LogP contribution in [-0.2, 0) is 0 Å². The SMILES string of the molecule is COc1cc(C)c(C(N)O)cc1OC. The van der Waals surface area contributed by atoms with Gasteiger partial charge in [0.05, 0.1) is 14.2 Å². The van der Waals surface area contributed by atoms with E-state index in [2.05, 4.69) is 0 Å². The molecule has 1 aromatic carbocycles. The number of rotatable bonds is 3. The molecule has 1 unspecified atom stereocenters. The Kier molecular flexibility index (Phi) is 3.33. The second kappa shape index (κ2) is 4.30. The maximum absolute atomic E-state index is 9.27. The summed E-state index contributed by atoms with van der Waals surface area (Å²) in [5.74, 6) is 1.20. The number of benzene rings is 1. The molecule has 0 heterocycles. The molecular formula is C10H15NO3. The Balaban J connectivity index is 3.23. The molecule has 78 valence electrons. The highest BCUT2D eigenvalue weighted by Crippen LogP contribution is 2.31. The zero-order valence-electron chi connectivity index (χ0n) is 8.57. The van der Waals surface area contributed by atoms with Gasteiger partial charge in [-0.3, -0.25) is 0 Å². The van der Waals surface area contributed by atoms with Gasteiger partial charge in [0.1, 0.15) is 6.23 Å². The highest BCUT2D eigenvalue weighted by molar-refractivity contribution is 5.47. The molecule has 1 rings (SSSR count). The summed E-state index contributed by atoms with van der Waals surface area (Å²) in [6.45, 7) is 1.85. The number of ether oxygens (including phenoxy) is 2. The molecule has 0 saturated heterocycles. The zero-order valence-corrected chi connectivity index (χ0v) is 8.57. The molecule has 1 aromatic rings. The van der Waals surface area contributed by atoms with Gasteiger partial charge in [-0.25, -0.2) is 0 Å². The van der Waals surface area contributed by atoms with Crippen LogP contribution in [0.4, 0.5) is 0 Å². The van der Waals surface area contributed by atoms with Crippen LogP contribution in [0.2, 0.25) is 0 Å². The third-order valence-corrected chi connectivity index (χ3v) is 2.09. The smallest absolute Gasteiger partial charge is 0.161 e. The number of hydrogen-bond acceptors (Lipinski definition) is 4. The summed E-state index contributed by atoms with van der Waals surface area (Å²) in [7, 11) is 3.11. The summed E-state index contributed by atoms with van der Waals surface area (Å²) in [5, 5.41) is 9.27. The molecule has 0 bridgehead atoms. The molecule has 0 spiro atoms. The Morgan fingerprint density at radius 2 is 1.71 bits per heavy atom. The minimum Gasteiger partial charge on any atom is -0.493 e. The summed E-state index contributed by atoms with van der Waals surface area (Å²) < 4.78 is 10.2. The monoisotopic (exact) mass is 197 g/mol. The second-order valence-electron chi connectivity index (χ2n) is 3.01. The summed E-state index contributed by atoms with van der Waals surface area (Å²) in [6, 6.07) is 3.46. The van der Waals surface area contributed by atoms with Crippen LogP contribution in [0.3, 0.4) is 0 Å². The van der Waals surface area contributed by atoms with Crippen molar-refractivity contribution in [3.8, 4) is 11.5 Å². The summed E-state index contributed by atoms with van der Waals surface area (Å²) in [4.78, 5) is 0. The topological polar surface area (TPSA) is 64.7 Å². The molecule has 0 amide bonds. The third-order valence-electron chi connectivity index (χ3n) is 2.09. The Hall–Kier alpha value is -1.26. The Morgan fingerprint density at radius 1 is 1.21 bits per heavy atom. The van der Waals surface area contributed by atoms with Crippen LogP contribution in [0, 0.1) is 6.92 Å². The Labute approximate surface area is 83.3 Å². The molecule has 0 radical (unpaired) electrons. The molecule has 3 N–H and O–H groups in total. The molecule has 0 aliphatic heterocycles. The predicted octanol–water partition coefficient (Wildman–Crippen LogP) is 0.962. The average molecular weight is 197 g/mol. The predicted molar refractivity (Wildman–Crippen MR) is 53.4 cm³/mol. The van der Waals surface area contributed by atoms with E-state index in [4.69, 9.17) is 15.2 Å². The molecule has 0 saturated carbocycles. The summed E-state index contributed by atoms with van der Waals surface area (Å²) in [5.41, 5.74) is 6.90. The Morgan fingerprint density at radius 3 is 2.14 bits per heavy atom. The molecular weight excluding hydrogens is 182 g/mol. The highest BCUT2D eigenvalue weighted by Gasteiger charge is 2.11. The third kappa shape index (κ3) is 1.97. The normalized spacial score (nSPS) is 12.4. The van der Waals surface area contributed by atoms with Crippen LogP contribution in [0.15, 0.2) is 12.1 Å². The Bertz CT molecular complexity index is 323. The van der Waals surface area contributed by atoms with E-state index in [1.165, 1.54) is 0 Å². The number of aryl methyl sites for hydroxylation is 1. The van der Waals surface area contributed by atoms with E-state index in [1.807, 2.05) is 6.92 Å². The highest BCUT2D eigenvalue weighted by atomic mass is 16.5. The van der Waals surface area contributed by atoms with Crippen LogP contribution in [-0.4, -0.2) is 19.3 Å². The quantitative estimate of drug-likeness (QED) is 0.708. The number of nitrogens with two attached hydrogens (primary N) is 1. The van der Waals surface area contributed by atoms with Crippen molar-refractivity contribution < 1.29 is 14.6 Å². The summed E-state index contributed by atoms with van der Waals surface area (Å²) >= 11 is 0. The van der Waals surface area contributed by atoms with Gasteiger partial charge in [-0.05, 0) is 24.6 Å². The lowest BCUT2D eigenvalue weighted by Gasteiger charge is -2.14. The van der Waals surface area contributed by atoms with Crippen molar-refractivity contribution in [3.63, 3.8) is 0 Å². The lowest BCUT2D eigenvalue weighted by atomic mass is 10.1. The first kappa shape index (κ1) is 10.8. The number of aliphatic hydroxyl groups excluding tert-OH is 1. The lowest BCUT2D eigenvalue weighted by Crippen LogP contribution is -2.10. The second-order valence-corrected chi connectivity index (χ2v) is 3.01. The van der Waals surface area contributed by atoms with Crippen molar-refractivity contribution in [1.82, 2.24) is 0 Å². The summed E-state index contributed by atoms with van der Waals surface area (Å²) in [6.07, 6.45) is -0.991. The first-order valence-corrected chi connectivity index (χ1v) is 4.26. The van der Waals surface area contributed by atoms with Gasteiger partial charge in [-0.2, -0.15) is 0 Å². The van der Waals surface area contributed by atoms with Crippen LogP contribution in [0.1, 0.15) is 17.4 Å². The van der Waals surface area contributed by atoms with Gasteiger partial charge >= 0.3 is 0 Å². The van der Waals surface area contributed by atoms with Gasteiger partial charge in [-0.1, -0.05) is 0 Å². The van der Waals surface area contributed by atoms with E-state index in [1.54, 1.807) is 26.4 Å². The van der Waals surface area contributed by atoms with Gasteiger partial charge in [0.25, 0.3) is 0 Å². The van der Waals surface area contributed by atoms with Crippen LogP contribution in [0.25, 0.3) is 0 Å². The van der Waals surface area contributed by atoms with Gasteiger partial charge in [0.15, 0.2) is 11.5 Å². The van der Waals surface area contributed by atoms with E-state index in [0.29, 0.717) is 17.1 Å². The maximum Gasteiger partial charge on any atom is 0.161 e. The minimum absolute atomic E-state index is 0.567. The standard InChI is InChI=1S/C10H15NO3/c1-6-4-8(13-2)9(14-3)5-7(6)10(11)12/h4-5,10,12H,11H2,1-3H3. The van der Waals surface area contributed by atoms with E-state index in [9.17, 15) is 5.11 Å². The first-order chi connectivity index (χ1) is 6.60. The minimum atomic E-state index is -0.991. The molecule has 4 heteroatoms. The molecule has 4 nitrogen and oxygen atoms in total. The lowest BCUT2D eigenvalue weighted by molar-refractivity contribution is 0.185. The fourth-order valence-corrected chi connectivity index (χ4v) is 1.31. The van der Waals surface area contributed by atoms with E-state index in [-0.39, 0.29) is 0 Å². The largest absolute Gasteiger partial charge is 0.493 e. The number of hydrogen-bond donors (Lipinski definition) is 2. The fourth-order valence-electron chi connectivity index (χ4n) is 1.31. The number of methoxy groups -OCH3 is 2. The van der Waals surface area contributed by atoms with Crippen molar-refractivity contribution in [2.45, 2.75) is 13.2 Å². The van der Waals surface area contributed by atoms with Crippen LogP contribution >= 0.6 is 0 Å². The van der Waals surface area contributed by atoms with Gasteiger partial charge in [0, 0.05) is 5.56 Å². The molecule has 1 atom stereocenters. The average Bonchev–Trinajstić information content (AvgIpc) is 2.16. The van der Waals surface area contributed by atoms with Crippen molar-refractivity contribution in [1.29, 1.82) is 0 Å². The molecule has 0 aliphatic carbocycles. The van der Waals surface area contributed by atoms with Crippen molar-refractivity contribution in [2.75, 3.05) is 14.2 Å². The fraction of sp³-hybridized carbons (Fsp3) is 0.400. The number of aliphatic hydroxyl groups is 1. The van der Waals surface area contributed by atoms with Gasteiger partial charge in [0.2, 0.25) is 0 Å². The van der Waals surface area contributed by atoms with E-state index >= 15 is 0 Å². The molecule has 14 heavy (non-hydrogen) atoms. The van der Waals surface area contributed by atoms with Gasteiger partial charge in [-0.15, -0.1) is 0 Å². The zero-order chi connectivity index (χ0) is 10.7. The van der Waals surface area contributed by atoms with Crippen LogP contribution in [0.5, 0.6) is 11.5 Å². The van der Waals surface area contributed by atoms with E-state index < -0.39 is 6.23 Å². The van der Waals surface area contributed by atoms with Gasteiger partial charge < -0.3 is 20.3 Å². The molecule has 0 aliphatic rings. The van der Waals surface area contributed by atoms with Crippen molar-refractivity contribution >= 4 is 0 Å². The van der Waals surface area contributed by atoms with E-state index in [0.717, 1.165) is 5.56 Å². The molecule has 0 fully saturated rings. The molecule has 0 aromatic heterocycles. The van der Waals surface area contributed by atoms with Crippen molar-refractivity contribution in [3.05, 3.63) is 23.3 Å². The van der Waals surface area contributed by atoms with Crippen molar-refractivity contribution in [2.24, 2.45) is 5.73 Å². The maximum atomic E-state index is 9.27. The van der Waals surface area contributed by atoms with Crippen LogP contribution < -0.4 is 15.2 Å².